The Morgan fingerprint density at radius 2 is 1.87 bits per heavy atom. The highest BCUT2D eigenvalue weighted by atomic mass is 16.7. The second-order valence-corrected chi connectivity index (χ2v) is 5.94. The largest absolute Gasteiger partial charge is 0.454 e. The van der Waals surface area contributed by atoms with Crippen LogP contribution in [0.4, 0.5) is 0 Å². The molecule has 0 fully saturated rings. The van der Waals surface area contributed by atoms with Crippen molar-refractivity contribution in [3.63, 3.8) is 0 Å². The van der Waals surface area contributed by atoms with E-state index in [1.807, 2.05) is 24.3 Å². The molecule has 0 aromatic heterocycles. The Labute approximate surface area is 137 Å². The molecular weight excluding hydrogens is 290 g/mol. The van der Waals surface area contributed by atoms with Crippen LogP contribution in [0.25, 0.3) is 0 Å². The van der Waals surface area contributed by atoms with Gasteiger partial charge in [-0.25, -0.2) is 0 Å². The van der Waals surface area contributed by atoms with E-state index in [4.69, 9.17) is 9.47 Å². The lowest BCUT2D eigenvalue weighted by Crippen LogP contribution is -2.26. The fourth-order valence-electron chi connectivity index (χ4n) is 2.75. The van der Waals surface area contributed by atoms with E-state index in [9.17, 15) is 5.11 Å². The molecule has 0 bridgehead atoms. The fraction of sp³-hybridized carbons (Fsp3) is 0.368. The maximum Gasteiger partial charge on any atom is 0.231 e. The molecule has 2 aromatic carbocycles. The van der Waals surface area contributed by atoms with Crippen LogP contribution < -0.4 is 14.8 Å². The molecule has 4 heteroatoms. The Bertz CT molecular complexity index is 657. The van der Waals surface area contributed by atoms with Gasteiger partial charge in [0.2, 0.25) is 6.79 Å². The third kappa shape index (κ3) is 4.03. The van der Waals surface area contributed by atoms with E-state index in [-0.39, 0.29) is 6.61 Å². The summed E-state index contributed by atoms with van der Waals surface area (Å²) in [6.45, 7) is 3.37. The molecular formula is C19H23NO3. The maximum atomic E-state index is 9.36. The minimum absolute atomic E-state index is 0.0867. The van der Waals surface area contributed by atoms with Crippen LogP contribution in [0.15, 0.2) is 42.5 Å². The van der Waals surface area contributed by atoms with E-state index >= 15 is 0 Å². The summed E-state index contributed by atoms with van der Waals surface area (Å²) in [7, 11) is 0. The summed E-state index contributed by atoms with van der Waals surface area (Å²) in [5.74, 6) is 1.68. The summed E-state index contributed by atoms with van der Waals surface area (Å²) in [5.41, 5.74) is 3.41. The number of hydrogen-bond donors (Lipinski definition) is 2. The number of benzene rings is 2. The number of aryl methyl sites for hydroxylation is 1. The molecule has 4 nitrogen and oxygen atoms in total. The first-order chi connectivity index (χ1) is 11.3. The van der Waals surface area contributed by atoms with Gasteiger partial charge in [-0.15, -0.1) is 0 Å². The fourth-order valence-corrected chi connectivity index (χ4v) is 2.75. The summed E-state index contributed by atoms with van der Waals surface area (Å²) in [4.78, 5) is 0. The molecule has 0 saturated heterocycles. The molecule has 1 aliphatic heterocycles. The first kappa shape index (κ1) is 15.8. The number of nitrogens with one attached hydrogen (secondary N) is 1. The molecule has 0 amide bonds. The average molecular weight is 313 g/mol. The highest BCUT2D eigenvalue weighted by molar-refractivity contribution is 5.44. The predicted octanol–water partition coefficient (Wildman–Crippen LogP) is 3.02. The van der Waals surface area contributed by atoms with Crippen molar-refractivity contribution in [1.82, 2.24) is 5.32 Å². The van der Waals surface area contributed by atoms with Crippen LogP contribution in [0.3, 0.4) is 0 Å². The summed E-state index contributed by atoms with van der Waals surface area (Å²) in [6, 6.07) is 14.5. The predicted molar refractivity (Wildman–Crippen MR) is 89.6 cm³/mol. The van der Waals surface area contributed by atoms with Crippen LogP contribution in [-0.4, -0.2) is 17.9 Å². The lowest BCUT2D eigenvalue weighted by atomic mass is 10.0. The van der Waals surface area contributed by atoms with Gasteiger partial charge in [-0.3, -0.25) is 0 Å². The summed E-state index contributed by atoms with van der Waals surface area (Å²) < 4.78 is 10.7. The summed E-state index contributed by atoms with van der Waals surface area (Å²) in [5, 5.41) is 12.9. The third-order valence-corrected chi connectivity index (χ3v) is 4.23. The van der Waals surface area contributed by atoms with Gasteiger partial charge in [0.05, 0.1) is 6.61 Å². The number of aliphatic hydroxyl groups excluding tert-OH is 1. The second kappa shape index (κ2) is 7.49. The van der Waals surface area contributed by atoms with E-state index in [0.29, 0.717) is 12.8 Å². The van der Waals surface area contributed by atoms with E-state index in [1.54, 1.807) is 0 Å². The molecule has 0 spiro atoms. The van der Waals surface area contributed by atoms with Gasteiger partial charge in [-0.1, -0.05) is 30.3 Å². The molecule has 122 valence electrons. The SMILES string of the molecule is CC(CCc1ccc2c(c1)OCO2)NCc1ccccc1CO. The van der Waals surface area contributed by atoms with E-state index < -0.39 is 0 Å². The van der Waals surface area contributed by atoms with Gasteiger partial charge in [0.25, 0.3) is 0 Å². The molecule has 1 aliphatic rings. The van der Waals surface area contributed by atoms with Crippen molar-refractivity contribution in [1.29, 1.82) is 0 Å². The quantitative estimate of drug-likeness (QED) is 0.825. The molecule has 0 radical (unpaired) electrons. The van der Waals surface area contributed by atoms with Gasteiger partial charge >= 0.3 is 0 Å². The van der Waals surface area contributed by atoms with E-state index in [1.165, 1.54) is 5.56 Å². The number of ether oxygens (including phenoxy) is 2. The Balaban J connectivity index is 1.49. The van der Waals surface area contributed by atoms with Gasteiger partial charge < -0.3 is 19.9 Å². The van der Waals surface area contributed by atoms with E-state index in [0.717, 1.165) is 42.0 Å². The maximum absolute atomic E-state index is 9.36. The van der Waals surface area contributed by atoms with Crippen LogP contribution in [0, 0.1) is 0 Å². The molecule has 0 saturated carbocycles. The lowest BCUT2D eigenvalue weighted by Gasteiger charge is -2.15. The third-order valence-electron chi connectivity index (χ3n) is 4.23. The molecule has 1 atom stereocenters. The van der Waals surface area contributed by atoms with Crippen molar-refractivity contribution < 1.29 is 14.6 Å². The average Bonchev–Trinajstić information content (AvgIpc) is 3.06. The van der Waals surface area contributed by atoms with Gasteiger partial charge in [0, 0.05) is 12.6 Å². The Hall–Kier alpha value is -2.04. The van der Waals surface area contributed by atoms with Crippen molar-refractivity contribution in [2.24, 2.45) is 0 Å². The molecule has 0 aliphatic carbocycles. The van der Waals surface area contributed by atoms with Crippen molar-refractivity contribution in [2.75, 3.05) is 6.79 Å². The monoisotopic (exact) mass is 313 g/mol. The van der Waals surface area contributed by atoms with Crippen molar-refractivity contribution in [3.8, 4) is 11.5 Å². The zero-order chi connectivity index (χ0) is 16.1. The highest BCUT2D eigenvalue weighted by Crippen LogP contribution is 2.32. The topological polar surface area (TPSA) is 50.7 Å². The standard InChI is InChI=1S/C19H23NO3/c1-14(20-11-16-4-2-3-5-17(16)12-21)6-7-15-8-9-18-19(10-15)23-13-22-18/h2-5,8-10,14,20-21H,6-7,11-13H2,1H3. The molecule has 2 aromatic rings. The van der Waals surface area contributed by atoms with Gasteiger partial charge in [-0.2, -0.15) is 0 Å². The summed E-state index contributed by atoms with van der Waals surface area (Å²) >= 11 is 0. The zero-order valence-corrected chi connectivity index (χ0v) is 13.4. The normalized spacial score (nSPS) is 14.0. The minimum atomic E-state index is 0.0867. The van der Waals surface area contributed by atoms with Crippen LogP contribution in [0.1, 0.15) is 30.0 Å². The van der Waals surface area contributed by atoms with Gasteiger partial charge in [0.1, 0.15) is 0 Å². The number of hydrogen-bond acceptors (Lipinski definition) is 4. The van der Waals surface area contributed by atoms with E-state index in [2.05, 4.69) is 30.4 Å². The van der Waals surface area contributed by atoms with Crippen LogP contribution >= 0.6 is 0 Å². The lowest BCUT2D eigenvalue weighted by molar-refractivity contribution is 0.174. The van der Waals surface area contributed by atoms with Crippen molar-refractivity contribution >= 4 is 0 Å². The number of rotatable bonds is 7. The van der Waals surface area contributed by atoms with Crippen molar-refractivity contribution in [3.05, 3.63) is 59.2 Å². The van der Waals surface area contributed by atoms with Gasteiger partial charge in [-0.05, 0) is 48.6 Å². The molecule has 1 heterocycles. The second-order valence-electron chi connectivity index (χ2n) is 5.94. The first-order valence-electron chi connectivity index (χ1n) is 8.06. The van der Waals surface area contributed by atoms with Crippen LogP contribution in [0.5, 0.6) is 11.5 Å². The minimum Gasteiger partial charge on any atom is -0.454 e. The number of aliphatic hydroxyl groups is 1. The van der Waals surface area contributed by atoms with Crippen LogP contribution in [0.2, 0.25) is 0 Å². The first-order valence-corrected chi connectivity index (χ1v) is 8.06. The van der Waals surface area contributed by atoms with Crippen molar-refractivity contribution in [2.45, 2.75) is 39.0 Å². The molecule has 3 rings (SSSR count). The van der Waals surface area contributed by atoms with Gasteiger partial charge in [0.15, 0.2) is 11.5 Å². The number of fused-ring (bicyclic) bond motifs is 1. The Kier molecular flexibility index (Phi) is 5.16. The molecule has 1 unspecified atom stereocenters. The highest BCUT2D eigenvalue weighted by Gasteiger charge is 2.13. The smallest absolute Gasteiger partial charge is 0.231 e. The Morgan fingerprint density at radius 3 is 2.70 bits per heavy atom. The zero-order valence-electron chi connectivity index (χ0n) is 13.4. The van der Waals surface area contributed by atoms with Crippen LogP contribution in [-0.2, 0) is 19.6 Å². The Morgan fingerprint density at radius 1 is 1.09 bits per heavy atom. The molecule has 2 N–H and O–H groups in total. The summed E-state index contributed by atoms with van der Waals surface area (Å²) in [6.07, 6.45) is 2.04. The molecule has 23 heavy (non-hydrogen) atoms.